The number of phenolic OH excluding ortho intramolecular Hbond substituents is 1. The van der Waals surface area contributed by atoms with Gasteiger partial charge in [-0.25, -0.2) is 8.42 Å². The van der Waals surface area contributed by atoms with Gasteiger partial charge in [-0.15, -0.1) is 0 Å². The van der Waals surface area contributed by atoms with Gasteiger partial charge in [0.25, 0.3) is 10.0 Å². The van der Waals surface area contributed by atoms with Gasteiger partial charge < -0.3 is 5.11 Å². The molecule has 2 rings (SSSR count). The Morgan fingerprint density at radius 2 is 1.86 bits per heavy atom. The molecule has 0 amide bonds. The predicted molar refractivity (Wildman–Crippen MR) is 83.6 cm³/mol. The van der Waals surface area contributed by atoms with Crippen LogP contribution in [0.1, 0.15) is 11.1 Å². The highest BCUT2D eigenvalue weighted by Gasteiger charge is 2.19. The Labute approximate surface area is 127 Å². The highest BCUT2D eigenvalue weighted by molar-refractivity contribution is 7.92. The minimum atomic E-state index is -3.77. The molecule has 0 atom stereocenters. The van der Waals surface area contributed by atoms with Gasteiger partial charge in [0, 0.05) is 4.91 Å². The van der Waals surface area contributed by atoms with Crippen LogP contribution in [0.4, 0.5) is 11.4 Å². The van der Waals surface area contributed by atoms with E-state index >= 15 is 0 Å². The Balaban J connectivity index is 2.55. The summed E-state index contributed by atoms with van der Waals surface area (Å²) in [5, 5.41) is 13.2. The van der Waals surface area contributed by atoms with Crippen molar-refractivity contribution >= 4 is 21.4 Å². The predicted octanol–water partition coefficient (Wildman–Crippen LogP) is 3.75. The Hall–Kier alpha value is -2.70. The van der Waals surface area contributed by atoms with Crippen LogP contribution < -0.4 is 4.72 Å². The zero-order valence-corrected chi connectivity index (χ0v) is 12.8. The molecule has 0 saturated carbocycles. The lowest BCUT2D eigenvalue weighted by atomic mass is 10.1. The minimum absolute atomic E-state index is 0.00105. The summed E-state index contributed by atoms with van der Waals surface area (Å²) in [6, 6.07) is 9.26. The van der Waals surface area contributed by atoms with E-state index in [0.717, 1.165) is 0 Å². The molecule has 2 aromatic rings. The molecule has 0 spiro atoms. The van der Waals surface area contributed by atoms with E-state index in [2.05, 4.69) is 14.7 Å². The minimum Gasteiger partial charge on any atom is -0.507 e. The van der Waals surface area contributed by atoms with Crippen molar-refractivity contribution in [2.75, 3.05) is 4.72 Å². The van der Waals surface area contributed by atoms with E-state index in [0.29, 0.717) is 11.1 Å². The van der Waals surface area contributed by atoms with Crippen LogP contribution in [0.3, 0.4) is 0 Å². The molecule has 0 aliphatic carbocycles. The quantitative estimate of drug-likeness (QED) is 0.387. The molecule has 0 radical (unpaired) electrons. The second kappa shape index (κ2) is 5.97. The lowest BCUT2D eigenvalue weighted by molar-refractivity contribution is 0.476. The van der Waals surface area contributed by atoms with Gasteiger partial charge in [-0.05, 0) is 48.7 Å². The molecule has 0 aliphatic heterocycles. The molecular weight excluding hydrogens is 304 g/mol. The van der Waals surface area contributed by atoms with Crippen molar-refractivity contribution in [3.05, 3.63) is 58.0 Å². The average molecular weight is 318 g/mol. The number of phenols is 1. The summed E-state index contributed by atoms with van der Waals surface area (Å²) in [5.41, 5.74) is 9.70. The van der Waals surface area contributed by atoms with Gasteiger partial charge in [-0.3, -0.25) is 4.72 Å². The van der Waals surface area contributed by atoms with Crippen molar-refractivity contribution in [2.45, 2.75) is 18.7 Å². The maximum atomic E-state index is 12.4. The molecule has 2 N–H and O–H groups in total. The lowest BCUT2D eigenvalue weighted by Gasteiger charge is -2.16. The number of benzene rings is 2. The number of sulfonamides is 1. The Morgan fingerprint density at radius 3 is 2.45 bits per heavy atom. The average Bonchev–Trinajstić information content (AvgIpc) is 2.49. The van der Waals surface area contributed by atoms with E-state index < -0.39 is 10.0 Å². The normalized spacial score (nSPS) is 10.8. The fraction of sp³-hybridized carbons (Fsp3) is 0.143. The zero-order valence-electron chi connectivity index (χ0n) is 12.0. The van der Waals surface area contributed by atoms with Crippen LogP contribution in [0.25, 0.3) is 10.4 Å². The number of aryl methyl sites for hydroxylation is 1. The molecule has 0 aliphatic rings. The topological polar surface area (TPSA) is 115 Å². The maximum Gasteiger partial charge on any atom is 0.261 e. The Morgan fingerprint density at radius 1 is 1.23 bits per heavy atom. The molecule has 22 heavy (non-hydrogen) atoms. The molecule has 0 bridgehead atoms. The van der Waals surface area contributed by atoms with Gasteiger partial charge in [-0.2, -0.15) is 0 Å². The molecular formula is C14H14N4O3S. The number of aromatic hydroxyl groups is 1. The molecule has 0 fully saturated rings. The monoisotopic (exact) mass is 318 g/mol. The van der Waals surface area contributed by atoms with E-state index in [4.69, 9.17) is 5.53 Å². The number of azide groups is 1. The van der Waals surface area contributed by atoms with E-state index in [1.807, 2.05) is 0 Å². The molecule has 0 saturated heterocycles. The van der Waals surface area contributed by atoms with E-state index in [-0.39, 0.29) is 22.0 Å². The van der Waals surface area contributed by atoms with Gasteiger partial charge in [0.1, 0.15) is 5.75 Å². The summed E-state index contributed by atoms with van der Waals surface area (Å²) < 4.78 is 27.2. The smallest absolute Gasteiger partial charge is 0.261 e. The molecule has 8 heteroatoms. The van der Waals surface area contributed by atoms with Crippen molar-refractivity contribution in [1.29, 1.82) is 0 Å². The zero-order chi connectivity index (χ0) is 16.3. The van der Waals surface area contributed by atoms with Crippen LogP contribution in [-0.2, 0) is 10.0 Å². The lowest BCUT2D eigenvalue weighted by Crippen LogP contribution is -2.14. The number of hydrogen-bond acceptors (Lipinski definition) is 4. The Kier molecular flexibility index (Phi) is 4.25. The third-order valence-electron chi connectivity index (χ3n) is 3.16. The number of rotatable bonds is 4. The van der Waals surface area contributed by atoms with Gasteiger partial charge >= 0.3 is 0 Å². The highest BCUT2D eigenvalue weighted by atomic mass is 32.2. The fourth-order valence-corrected chi connectivity index (χ4v) is 3.29. The first kappa shape index (κ1) is 15.7. The van der Waals surface area contributed by atoms with Crippen LogP contribution in [0.15, 0.2) is 46.4 Å². The van der Waals surface area contributed by atoms with Gasteiger partial charge in [0.2, 0.25) is 0 Å². The van der Waals surface area contributed by atoms with Crippen molar-refractivity contribution in [1.82, 2.24) is 0 Å². The van der Waals surface area contributed by atoms with Crippen LogP contribution in [0, 0.1) is 13.8 Å². The first-order valence-corrected chi connectivity index (χ1v) is 7.81. The summed E-state index contributed by atoms with van der Waals surface area (Å²) in [5.74, 6) is -0.199. The maximum absolute atomic E-state index is 12.4. The number of nitrogens with zero attached hydrogens (tertiary/aromatic N) is 3. The third kappa shape index (κ3) is 2.98. The molecule has 2 aromatic carbocycles. The summed E-state index contributed by atoms with van der Waals surface area (Å²) in [6.07, 6.45) is 0. The molecule has 114 valence electrons. The SMILES string of the molecule is Cc1cc(O)c(N=[N+]=[N-])c(C)c1NS(=O)(=O)c1ccccc1. The van der Waals surface area contributed by atoms with E-state index in [1.165, 1.54) is 18.2 Å². The highest BCUT2D eigenvalue weighted by Crippen LogP contribution is 2.38. The van der Waals surface area contributed by atoms with Crippen molar-refractivity contribution in [3.63, 3.8) is 0 Å². The summed E-state index contributed by atoms with van der Waals surface area (Å²) in [7, 11) is -3.77. The summed E-state index contributed by atoms with van der Waals surface area (Å²) in [6.45, 7) is 3.22. The second-order valence-electron chi connectivity index (χ2n) is 4.67. The van der Waals surface area contributed by atoms with Crippen molar-refractivity contribution in [2.24, 2.45) is 5.11 Å². The second-order valence-corrected chi connectivity index (χ2v) is 6.35. The third-order valence-corrected chi connectivity index (χ3v) is 4.52. The molecule has 0 heterocycles. The summed E-state index contributed by atoms with van der Waals surface area (Å²) in [4.78, 5) is 2.76. The first-order chi connectivity index (χ1) is 10.4. The van der Waals surface area contributed by atoms with Gasteiger partial charge in [0.05, 0.1) is 16.3 Å². The number of hydrogen-bond donors (Lipinski definition) is 2. The van der Waals surface area contributed by atoms with Gasteiger partial charge in [0.15, 0.2) is 0 Å². The van der Waals surface area contributed by atoms with Crippen LogP contribution >= 0.6 is 0 Å². The Bertz CT molecular complexity index is 857. The van der Waals surface area contributed by atoms with Crippen LogP contribution in [0.5, 0.6) is 5.75 Å². The van der Waals surface area contributed by atoms with Gasteiger partial charge in [-0.1, -0.05) is 23.3 Å². The number of nitrogens with one attached hydrogen (secondary N) is 1. The standard InChI is InChI=1S/C14H14N4O3S/c1-9-8-12(19)14(16-18-15)10(2)13(9)17-22(20,21)11-6-4-3-5-7-11/h3-8,17,19H,1-2H3. The van der Waals surface area contributed by atoms with Crippen molar-refractivity contribution < 1.29 is 13.5 Å². The summed E-state index contributed by atoms with van der Waals surface area (Å²) >= 11 is 0. The van der Waals surface area contributed by atoms with Crippen LogP contribution in [0.2, 0.25) is 0 Å². The largest absolute Gasteiger partial charge is 0.507 e. The molecule has 7 nitrogen and oxygen atoms in total. The van der Waals surface area contributed by atoms with Crippen molar-refractivity contribution in [3.8, 4) is 5.75 Å². The van der Waals surface area contributed by atoms with E-state index in [1.54, 1.807) is 32.0 Å². The molecule has 0 unspecified atom stereocenters. The first-order valence-electron chi connectivity index (χ1n) is 6.33. The van der Waals surface area contributed by atoms with Crippen LogP contribution in [-0.4, -0.2) is 13.5 Å². The number of anilines is 1. The fourth-order valence-electron chi connectivity index (χ4n) is 2.07. The molecule has 0 aromatic heterocycles. The van der Waals surface area contributed by atoms with E-state index in [9.17, 15) is 13.5 Å².